The molecule has 0 atom stereocenters. The molecule has 0 spiro atoms. The zero-order chi connectivity index (χ0) is 20.8. The van der Waals surface area contributed by atoms with Gasteiger partial charge in [-0.1, -0.05) is 6.92 Å². The second kappa shape index (κ2) is 9.00. The molecule has 0 radical (unpaired) electrons. The van der Waals surface area contributed by atoms with Crippen LogP contribution < -0.4 is 10.6 Å². The Morgan fingerprint density at radius 3 is 2.57 bits per heavy atom. The molecular formula is C21H23FN4O2. The molecule has 2 rings (SSSR count). The number of carbonyl (C=O) groups excluding carboxylic acids is 2. The number of nitriles is 1. The number of carbonyl (C=O) groups is 2. The Balaban J connectivity index is 2.28. The fourth-order valence-corrected chi connectivity index (χ4v) is 2.93. The third-order valence-corrected chi connectivity index (χ3v) is 4.26. The van der Waals surface area contributed by atoms with Crippen LogP contribution in [-0.4, -0.2) is 16.4 Å². The molecule has 2 N–H and O–H groups in total. The minimum Gasteiger partial charge on any atom is -0.349 e. The van der Waals surface area contributed by atoms with Gasteiger partial charge in [-0.25, -0.2) is 4.39 Å². The van der Waals surface area contributed by atoms with Gasteiger partial charge in [0.25, 0.3) is 5.91 Å². The highest BCUT2D eigenvalue weighted by atomic mass is 19.1. The van der Waals surface area contributed by atoms with Crippen molar-refractivity contribution in [1.82, 2.24) is 4.57 Å². The van der Waals surface area contributed by atoms with E-state index in [0.717, 1.165) is 36.0 Å². The lowest BCUT2D eigenvalue weighted by Crippen LogP contribution is -2.14. The van der Waals surface area contributed by atoms with Crippen LogP contribution in [0.1, 0.15) is 37.2 Å². The highest BCUT2D eigenvalue weighted by molar-refractivity contribution is 6.10. The van der Waals surface area contributed by atoms with Crippen LogP contribution in [0.2, 0.25) is 0 Å². The molecule has 1 aromatic carbocycles. The number of amides is 2. The van der Waals surface area contributed by atoms with Gasteiger partial charge in [-0.2, -0.15) is 5.26 Å². The molecule has 1 heterocycles. The van der Waals surface area contributed by atoms with Crippen LogP contribution in [0.25, 0.3) is 6.08 Å². The average Bonchev–Trinajstić information content (AvgIpc) is 2.89. The second-order valence-corrected chi connectivity index (χ2v) is 6.48. The summed E-state index contributed by atoms with van der Waals surface area (Å²) < 4.78 is 15.9. The fourth-order valence-electron chi connectivity index (χ4n) is 2.93. The van der Waals surface area contributed by atoms with Crippen LogP contribution in [0.15, 0.2) is 29.8 Å². The van der Waals surface area contributed by atoms with Crippen LogP contribution in [0.3, 0.4) is 0 Å². The van der Waals surface area contributed by atoms with Gasteiger partial charge in [0.2, 0.25) is 5.91 Å². The van der Waals surface area contributed by atoms with E-state index in [2.05, 4.69) is 22.1 Å². The number of anilines is 2. The first-order chi connectivity index (χ1) is 13.3. The molecule has 0 saturated heterocycles. The summed E-state index contributed by atoms with van der Waals surface area (Å²) in [7, 11) is 0. The molecule has 0 bridgehead atoms. The number of aromatic nitrogens is 1. The topological polar surface area (TPSA) is 86.9 Å². The summed E-state index contributed by atoms with van der Waals surface area (Å²) >= 11 is 0. The summed E-state index contributed by atoms with van der Waals surface area (Å²) in [6.07, 6.45) is 2.52. The van der Waals surface area contributed by atoms with Gasteiger partial charge in [0.05, 0.1) is 5.69 Å². The van der Waals surface area contributed by atoms with E-state index >= 15 is 0 Å². The first-order valence-electron chi connectivity index (χ1n) is 8.93. The zero-order valence-corrected chi connectivity index (χ0v) is 16.4. The third-order valence-electron chi connectivity index (χ3n) is 4.26. The molecule has 6 nitrogen and oxygen atoms in total. The average molecular weight is 382 g/mol. The van der Waals surface area contributed by atoms with Gasteiger partial charge in [0.1, 0.15) is 17.5 Å². The minimum atomic E-state index is -0.618. The van der Waals surface area contributed by atoms with Gasteiger partial charge in [0.15, 0.2) is 0 Å². The Labute approximate surface area is 163 Å². The molecule has 2 amide bonds. The van der Waals surface area contributed by atoms with Crippen LogP contribution in [-0.2, 0) is 16.1 Å². The van der Waals surface area contributed by atoms with Gasteiger partial charge >= 0.3 is 0 Å². The van der Waals surface area contributed by atoms with Crippen molar-refractivity contribution in [1.29, 1.82) is 5.26 Å². The number of nitrogens with zero attached hydrogens (tertiary/aromatic N) is 2. The predicted octanol–water partition coefficient (Wildman–Crippen LogP) is 4.16. The first-order valence-corrected chi connectivity index (χ1v) is 8.93. The van der Waals surface area contributed by atoms with Crippen molar-refractivity contribution in [2.24, 2.45) is 0 Å². The van der Waals surface area contributed by atoms with Crippen molar-refractivity contribution < 1.29 is 14.0 Å². The summed E-state index contributed by atoms with van der Waals surface area (Å²) in [5.74, 6) is -1.65. The van der Waals surface area contributed by atoms with Gasteiger partial charge < -0.3 is 15.2 Å². The highest BCUT2D eigenvalue weighted by Gasteiger charge is 2.14. The first kappa shape index (κ1) is 20.9. The monoisotopic (exact) mass is 382 g/mol. The third kappa shape index (κ3) is 4.86. The normalized spacial score (nSPS) is 11.1. The highest BCUT2D eigenvalue weighted by Crippen LogP contribution is 2.22. The van der Waals surface area contributed by atoms with Crippen molar-refractivity contribution in [2.45, 2.75) is 40.7 Å². The quantitative estimate of drug-likeness (QED) is 0.581. The van der Waals surface area contributed by atoms with E-state index in [1.165, 1.54) is 19.1 Å². The van der Waals surface area contributed by atoms with Crippen LogP contribution in [0.4, 0.5) is 15.8 Å². The maximum absolute atomic E-state index is 13.7. The largest absolute Gasteiger partial charge is 0.349 e. The molecule has 146 valence electrons. The lowest BCUT2D eigenvalue weighted by Gasteiger charge is -2.09. The SMILES string of the molecule is CCCn1c(C)cc(C=C(C#N)C(=O)Nc2ccc(F)c(NC(C)=O)c2)c1C. The molecule has 28 heavy (non-hydrogen) atoms. The fraction of sp³-hybridized carbons (Fsp3) is 0.286. The van der Waals surface area contributed by atoms with Gasteiger partial charge in [-0.15, -0.1) is 0 Å². The Kier molecular flexibility index (Phi) is 6.72. The van der Waals surface area contributed by atoms with Crippen LogP contribution in [0, 0.1) is 31.0 Å². The molecule has 0 aliphatic carbocycles. The van der Waals surface area contributed by atoms with Gasteiger partial charge in [-0.3, -0.25) is 9.59 Å². The number of halogens is 1. The van der Waals surface area contributed by atoms with E-state index in [1.807, 2.05) is 26.0 Å². The van der Waals surface area contributed by atoms with Crippen molar-refractivity contribution in [2.75, 3.05) is 10.6 Å². The maximum atomic E-state index is 13.7. The molecule has 0 aliphatic heterocycles. The summed E-state index contributed by atoms with van der Waals surface area (Å²) in [5, 5.41) is 14.3. The standard InChI is InChI=1S/C21H23FN4O2/c1-5-8-26-13(2)9-16(14(26)3)10-17(12-23)21(28)25-18-6-7-19(22)20(11-18)24-15(4)27/h6-7,9-11H,5,8H2,1-4H3,(H,24,27)(H,25,28). The summed E-state index contributed by atoms with van der Waals surface area (Å²) in [6.45, 7) is 8.13. The number of benzene rings is 1. The van der Waals surface area contributed by atoms with E-state index in [1.54, 1.807) is 6.08 Å². The van der Waals surface area contributed by atoms with E-state index < -0.39 is 17.6 Å². The van der Waals surface area contributed by atoms with Gasteiger partial charge in [-0.05, 0) is 56.2 Å². The molecule has 2 aromatic rings. The summed E-state index contributed by atoms with van der Waals surface area (Å²) in [5.41, 5.74) is 3.00. The maximum Gasteiger partial charge on any atom is 0.266 e. The Bertz CT molecular complexity index is 983. The lowest BCUT2D eigenvalue weighted by atomic mass is 10.1. The molecule has 0 saturated carbocycles. The molecule has 0 aliphatic rings. The molecule has 7 heteroatoms. The van der Waals surface area contributed by atoms with E-state index in [-0.39, 0.29) is 16.9 Å². The van der Waals surface area contributed by atoms with Crippen molar-refractivity contribution in [3.8, 4) is 6.07 Å². The predicted molar refractivity (Wildman–Crippen MR) is 107 cm³/mol. The molecular weight excluding hydrogens is 359 g/mol. The van der Waals surface area contributed by atoms with Crippen molar-refractivity contribution in [3.05, 3.63) is 52.6 Å². The number of hydrogen-bond donors (Lipinski definition) is 2. The Morgan fingerprint density at radius 2 is 1.96 bits per heavy atom. The molecule has 0 unspecified atom stereocenters. The van der Waals surface area contributed by atoms with E-state index in [9.17, 15) is 19.2 Å². The number of hydrogen-bond acceptors (Lipinski definition) is 3. The number of rotatable bonds is 6. The minimum absolute atomic E-state index is 0.0455. The summed E-state index contributed by atoms with van der Waals surface area (Å²) in [6, 6.07) is 7.64. The number of nitrogens with one attached hydrogen (secondary N) is 2. The smallest absolute Gasteiger partial charge is 0.266 e. The Hall–Kier alpha value is -3.40. The summed E-state index contributed by atoms with van der Waals surface area (Å²) in [4.78, 5) is 23.7. The van der Waals surface area contributed by atoms with Crippen LogP contribution >= 0.6 is 0 Å². The van der Waals surface area contributed by atoms with E-state index in [4.69, 9.17) is 0 Å². The van der Waals surface area contributed by atoms with Crippen molar-refractivity contribution in [3.63, 3.8) is 0 Å². The van der Waals surface area contributed by atoms with Gasteiger partial charge in [0, 0.05) is 30.5 Å². The molecule has 0 fully saturated rings. The lowest BCUT2D eigenvalue weighted by molar-refractivity contribution is -0.114. The number of aryl methyl sites for hydroxylation is 1. The van der Waals surface area contributed by atoms with Crippen molar-refractivity contribution >= 4 is 29.3 Å². The Morgan fingerprint density at radius 1 is 1.25 bits per heavy atom. The molecule has 1 aromatic heterocycles. The van der Waals surface area contributed by atoms with Crippen LogP contribution in [0.5, 0.6) is 0 Å². The van der Waals surface area contributed by atoms with E-state index in [0.29, 0.717) is 0 Å². The zero-order valence-electron chi connectivity index (χ0n) is 16.4. The second-order valence-electron chi connectivity index (χ2n) is 6.48.